The summed E-state index contributed by atoms with van der Waals surface area (Å²) < 4.78 is 4.83. The van der Waals surface area contributed by atoms with Gasteiger partial charge in [-0.1, -0.05) is 23.4 Å². The van der Waals surface area contributed by atoms with Gasteiger partial charge in [-0.3, -0.25) is 4.79 Å². The van der Waals surface area contributed by atoms with E-state index in [4.69, 9.17) is 4.52 Å². The molecule has 0 saturated carbocycles. The van der Waals surface area contributed by atoms with Crippen LogP contribution in [0, 0.1) is 6.92 Å². The summed E-state index contributed by atoms with van der Waals surface area (Å²) in [5.74, 6) is -1.27. The molecule has 0 radical (unpaired) electrons. The van der Waals surface area contributed by atoms with E-state index in [0.717, 1.165) is 16.5 Å². The van der Waals surface area contributed by atoms with Crippen molar-refractivity contribution in [1.82, 2.24) is 15.5 Å². The third-order valence-corrected chi connectivity index (χ3v) is 3.70. The lowest BCUT2D eigenvalue weighted by atomic mass is 10.0. The van der Waals surface area contributed by atoms with E-state index in [1.54, 1.807) is 13.1 Å². The van der Waals surface area contributed by atoms with Crippen molar-refractivity contribution in [2.24, 2.45) is 0 Å². The molecule has 0 aliphatic heterocycles. The maximum atomic E-state index is 12.2. The Morgan fingerprint density at radius 3 is 2.87 bits per heavy atom. The number of para-hydroxylation sites is 1. The summed E-state index contributed by atoms with van der Waals surface area (Å²) in [5, 5.41) is 16.4. The molecule has 1 aromatic carbocycles. The minimum absolute atomic E-state index is 0.176. The van der Waals surface area contributed by atoms with Crippen LogP contribution in [0.2, 0.25) is 0 Å². The molecule has 1 atom stereocenters. The zero-order chi connectivity index (χ0) is 16.4. The third-order valence-electron chi connectivity index (χ3n) is 3.70. The monoisotopic (exact) mass is 313 g/mol. The standard InChI is InChI=1S/C16H15N3O4/c1-9-12(8-18-23-9)15(20)19-14(16(21)22)6-10-7-17-13-5-3-2-4-11(10)13/h2-5,7-8,14,17H,6H2,1H3,(H,19,20)(H,21,22). The Hall–Kier alpha value is -3.09. The van der Waals surface area contributed by atoms with E-state index in [1.165, 1.54) is 6.20 Å². The number of carbonyl (C=O) groups excluding carboxylic acids is 1. The van der Waals surface area contributed by atoms with Crippen LogP contribution in [0.25, 0.3) is 10.9 Å². The summed E-state index contributed by atoms with van der Waals surface area (Å²) in [4.78, 5) is 26.7. The zero-order valence-corrected chi connectivity index (χ0v) is 12.4. The number of aryl methyl sites for hydroxylation is 1. The smallest absolute Gasteiger partial charge is 0.326 e. The Bertz CT molecular complexity index is 865. The van der Waals surface area contributed by atoms with Gasteiger partial charge in [-0.25, -0.2) is 4.79 Å². The number of hydrogen-bond acceptors (Lipinski definition) is 4. The molecular formula is C16H15N3O4. The Morgan fingerprint density at radius 2 is 2.17 bits per heavy atom. The normalized spacial score (nSPS) is 12.2. The molecule has 0 aliphatic rings. The van der Waals surface area contributed by atoms with Crippen LogP contribution in [0.4, 0.5) is 0 Å². The van der Waals surface area contributed by atoms with Gasteiger partial charge in [0.05, 0.1) is 6.20 Å². The molecule has 0 aliphatic carbocycles. The van der Waals surface area contributed by atoms with E-state index in [9.17, 15) is 14.7 Å². The molecule has 0 bridgehead atoms. The molecule has 23 heavy (non-hydrogen) atoms. The van der Waals surface area contributed by atoms with Crippen LogP contribution < -0.4 is 5.32 Å². The number of rotatable bonds is 5. The van der Waals surface area contributed by atoms with Crippen molar-refractivity contribution in [3.8, 4) is 0 Å². The van der Waals surface area contributed by atoms with E-state index >= 15 is 0 Å². The van der Waals surface area contributed by atoms with Crippen LogP contribution in [-0.2, 0) is 11.2 Å². The highest BCUT2D eigenvalue weighted by molar-refractivity contribution is 5.97. The van der Waals surface area contributed by atoms with Crippen LogP contribution in [0.3, 0.4) is 0 Å². The highest BCUT2D eigenvalue weighted by Gasteiger charge is 2.24. The number of hydrogen-bond donors (Lipinski definition) is 3. The van der Waals surface area contributed by atoms with E-state index in [0.29, 0.717) is 5.76 Å². The number of benzene rings is 1. The molecule has 2 aromatic heterocycles. The van der Waals surface area contributed by atoms with E-state index in [2.05, 4.69) is 15.5 Å². The molecule has 0 saturated heterocycles. The number of H-pyrrole nitrogens is 1. The maximum absolute atomic E-state index is 12.2. The SMILES string of the molecule is Cc1oncc1C(=O)NC(Cc1c[nH]c2ccccc12)C(=O)O. The number of fused-ring (bicyclic) bond motifs is 1. The second-order valence-corrected chi connectivity index (χ2v) is 5.22. The lowest BCUT2D eigenvalue weighted by molar-refractivity contribution is -0.139. The first-order valence-corrected chi connectivity index (χ1v) is 7.06. The first-order chi connectivity index (χ1) is 11.1. The first kappa shape index (κ1) is 14.8. The van der Waals surface area contributed by atoms with Gasteiger partial charge >= 0.3 is 5.97 Å². The van der Waals surface area contributed by atoms with Gasteiger partial charge in [0.1, 0.15) is 17.4 Å². The van der Waals surface area contributed by atoms with Crippen molar-refractivity contribution in [1.29, 1.82) is 0 Å². The van der Waals surface area contributed by atoms with Gasteiger partial charge in [-0.2, -0.15) is 0 Å². The van der Waals surface area contributed by atoms with Crippen LogP contribution in [0.1, 0.15) is 21.7 Å². The number of aliphatic carboxylic acids is 1. The lowest BCUT2D eigenvalue weighted by Gasteiger charge is -2.13. The molecule has 0 spiro atoms. The van der Waals surface area contributed by atoms with Crippen LogP contribution in [0.5, 0.6) is 0 Å². The number of carbonyl (C=O) groups is 2. The molecule has 0 fully saturated rings. The summed E-state index contributed by atoms with van der Waals surface area (Å²) in [6.45, 7) is 1.59. The molecule has 3 aromatic rings. The summed E-state index contributed by atoms with van der Waals surface area (Å²) in [6.07, 6.45) is 3.21. The van der Waals surface area contributed by atoms with Crippen molar-refractivity contribution in [2.45, 2.75) is 19.4 Å². The van der Waals surface area contributed by atoms with Gasteiger partial charge < -0.3 is 19.9 Å². The van der Waals surface area contributed by atoms with Crippen molar-refractivity contribution < 1.29 is 19.2 Å². The van der Waals surface area contributed by atoms with Gasteiger partial charge in [0.15, 0.2) is 0 Å². The fraction of sp³-hybridized carbons (Fsp3) is 0.188. The fourth-order valence-corrected chi connectivity index (χ4v) is 2.47. The van der Waals surface area contributed by atoms with Gasteiger partial charge in [-0.15, -0.1) is 0 Å². The Kier molecular flexibility index (Phi) is 3.84. The summed E-state index contributed by atoms with van der Waals surface area (Å²) in [6, 6.07) is 6.55. The van der Waals surface area contributed by atoms with E-state index in [1.807, 2.05) is 24.3 Å². The molecule has 3 N–H and O–H groups in total. The molecule has 7 heteroatoms. The van der Waals surface area contributed by atoms with Crippen LogP contribution >= 0.6 is 0 Å². The minimum atomic E-state index is -1.10. The van der Waals surface area contributed by atoms with Crippen molar-refractivity contribution in [3.63, 3.8) is 0 Å². The second kappa shape index (κ2) is 5.96. The number of nitrogens with one attached hydrogen (secondary N) is 2. The topological polar surface area (TPSA) is 108 Å². The molecule has 1 unspecified atom stereocenters. The molecule has 7 nitrogen and oxygen atoms in total. The van der Waals surface area contributed by atoms with Crippen LogP contribution in [0.15, 0.2) is 41.2 Å². The second-order valence-electron chi connectivity index (χ2n) is 5.22. The molecule has 2 heterocycles. The number of carboxylic acids is 1. The van der Waals surface area contributed by atoms with Gasteiger partial charge in [0.25, 0.3) is 5.91 Å². The predicted octanol–water partition coefficient (Wildman–Crippen LogP) is 1.89. The number of amides is 1. The van der Waals surface area contributed by atoms with Crippen molar-refractivity contribution in [2.75, 3.05) is 0 Å². The van der Waals surface area contributed by atoms with Gasteiger partial charge in [-0.05, 0) is 18.6 Å². The summed E-state index contributed by atoms with van der Waals surface area (Å²) >= 11 is 0. The fourth-order valence-electron chi connectivity index (χ4n) is 2.47. The molecule has 1 amide bonds. The molecule has 3 rings (SSSR count). The number of carboxylic acid groups (broad SMARTS) is 1. The van der Waals surface area contributed by atoms with Gasteiger partial charge in [0, 0.05) is 23.5 Å². The molecular weight excluding hydrogens is 298 g/mol. The quantitative estimate of drug-likeness (QED) is 0.666. The largest absolute Gasteiger partial charge is 0.480 e. The summed E-state index contributed by atoms with van der Waals surface area (Å²) in [7, 11) is 0. The highest BCUT2D eigenvalue weighted by atomic mass is 16.5. The lowest BCUT2D eigenvalue weighted by Crippen LogP contribution is -2.42. The third kappa shape index (κ3) is 2.94. The zero-order valence-electron chi connectivity index (χ0n) is 12.4. The van der Waals surface area contributed by atoms with Crippen molar-refractivity contribution >= 4 is 22.8 Å². The van der Waals surface area contributed by atoms with Crippen LogP contribution in [-0.4, -0.2) is 33.2 Å². The van der Waals surface area contributed by atoms with E-state index in [-0.39, 0.29) is 12.0 Å². The average Bonchev–Trinajstić information content (AvgIpc) is 3.13. The van der Waals surface area contributed by atoms with Crippen molar-refractivity contribution in [3.05, 3.63) is 53.5 Å². The number of aromatic nitrogens is 2. The Morgan fingerprint density at radius 1 is 1.39 bits per heavy atom. The number of aromatic amines is 1. The number of nitrogens with zero attached hydrogens (tertiary/aromatic N) is 1. The minimum Gasteiger partial charge on any atom is -0.480 e. The maximum Gasteiger partial charge on any atom is 0.326 e. The van der Waals surface area contributed by atoms with Gasteiger partial charge in [0.2, 0.25) is 0 Å². The Balaban J connectivity index is 1.81. The van der Waals surface area contributed by atoms with E-state index < -0.39 is 17.9 Å². The highest BCUT2D eigenvalue weighted by Crippen LogP contribution is 2.19. The Labute approximate surface area is 131 Å². The molecule has 118 valence electrons. The summed E-state index contributed by atoms with van der Waals surface area (Å²) in [5.41, 5.74) is 1.98. The average molecular weight is 313 g/mol. The predicted molar refractivity (Wildman–Crippen MR) is 82.1 cm³/mol. The first-order valence-electron chi connectivity index (χ1n) is 7.06.